The molecule has 0 radical (unpaired) electrons. The van der Waals surface area contributed by atoms with Crippen molar-refractivity contribution < 1.29 is 17.6 Å². The molecule has 0 atom stereocenters. The first-order valence-electron chi connectivity index (χ1n) is 10.1. The number of furan rings is 1. The lowest BCUT2D eigenvalue weighted by Gasteiger charge is -2.13. The fraction of sp³-hybridized carbons (Fsp3) is 0.154. The molecule has 0 spiro atoms. The molecule has 4 aromatic rings. The van der Waals surface area contributed by atoms with Gasteiger partial charge in [-0.05, 0) is 73.4 Å². The van der Waals surface area contributed by atoms with Crippen LogP contribution in [0.2, 0.25) is 0 Å². The van der Waals surface area contributed by atoms with Gasteiger partial charge in [-0.3, -0.25) is 4.99 Å². The van der Waals surface area contributed by atoms with Crippen molar-refractivity contribution in [3.05, 3.63) is 88.4 Å². The Morgan fingerprint density at radius 3 is 2.38 bits per heavy atom. The summed E-state index contributed by atoms with van der Waals surface area (Å²) >= 11 is 0. The Morgan fingerprint density at radius 1 is 1.00 bits per heavy atom. The van der Waals surface area contributed by atoms with Crippen LogP contribution in [-0.2, 0) is 0 Å². The van der Waals surface area contributed by atoms with E-state index in [9.17, 15) is 13.2 Å². The van der Waals surface area contributed by atoms with Crippen molar-refractivity contribution in [1.29, 1.82) is 0 Å². The summed E-state index contributed by atoms with van der Waals surface area (Å²) in [7, 11) is 1.62. The van der Waals surface area contributed by atoms with Gasteiger partial charge in [-0.2, -0.15) is 0 Å². The minimum absolute atomic E-state index is 0.209. The Kier molecular flexibility index (Phi) is 5.70. The Labute approximate surface area is 183 Å². The zero-order chi connectivity index (χ0) is 23.0. The van der Waals surface area contributed by atoms with Gasteiger partial charge in [0.05, 0.1) is 0 Å². The lowest BCUT2D eigenvalue weighted by Crippen LogP contribution is -1.97. The predicted octanol–water partition coefficient (Wildman–Crippen LogP) is 7.20. The Balaban J connectivity index is 2.06. The van der Waals surface area contributed by atoms with Crippen LogP contribution >= 0.6 is 0 Å². The molecule has 2 aromatic heterocycles. The third kappa shape index (κ3) is 3.73. The van der Waals surface area contributed by atoms with Gasteiger partial charge in [0.1, 0.15) is 5.58 Å². The molecule has 0 fully saturated rings. The number of nitrogens with zero attached hydrogens (tertiary/aromatic N) is 2. The molecule has 0 bridgehead atoms. The molecule has 4 rings (SSSR count). The number of hydrogen-bond acceptors (Lipinski definition) is 3. The van der Waals surface area contributed by atoms with E-state index in [-0.39, 0.29) is 5.56 Å². The van der Waals surface area contributed by atoms with E-state index in [4.69, 9.17) is 4.42 Å². The average Bonchev–Trinajstić information content (AvgIpc) is 3.11. The summed E-state index contributed by atoms with van der Waals surface area (Å²) in [6.07, 6.45) is 4.92. The molecular formula is C26H21F3N2O. The van der Waals surface area contributed by atoms with Crippen LogP contribution in [0.15, 0.2) is 58.0 Å². The molecule has 162 valence electrons. The summed E-state index contributed by atoms with van der Waals surface area (Å²) < 4.78 is 47.8. The van der Waals surface area contributed by atoms with Crippen molar-refractivity contribution >= 4 is 39.4 Å². The zero-order valence-electron chi connectivity index (χ0n) is 18.1. The third-order valence-corrected chi connectivity index (χ3v) is 5.43. The van der Waals surface area contributed by atoms with Gasteiger partial charge in [0.15, 0.2) is 17.5 Å². The van der Waals surface area contributed by atoms with Crippen molar-refractivity contribution in [3.63, 3.8) is 0 Å². The van der Waals surface area contributed by atoms with E-state index in [2.05, 4.69) is 9.98 Å². The largest absolute Gasteiger partial charge is 0.437 e. The van der Waals surface area contributed by atoms with E-state index in [1.807, 2.05) is 45.0 Å². The maximum absolute atomic E-state index is 14.0. The molecule has 32 heavy (non-hydrogen) atoms. The lowest BCUT2D eigenvalue weighted by atomic mass is 9.91. The number of aliphatic imine (C=N–C) groups is 1. The minimum atomic E-state index is -1.50. The summed E-state index contributed by atoms with van der Waals surface area (Å²) in [6, 6.07) is 9.80. The number of hydrogen-bond donors (Lipinski definition) is 0. The van der Waals surface area contributed by atoms with E-state index >= 15 is 0 Å². The van der Waals surface area contributed by atoms with Crippen LogP contribution in [0.4, 0.5) is 13.2 Å². The van der Waals surface area contributed by atoms with Crippen molar-refractivity contribution in [1.82, 2.24) is 4.98 Å². The predicted molar refractivity (Wildman–Crippen MR) is 123 cm³/mol. The second-order valence-corrected chi connectivity index (χ2v) is 7.60. The molecule has 0 aliphatic heterocycles. The van der Waals surface area contributed by atoms with Gasteiger partial charge >= 0.3 is 0 Å². The molecule has 0 saturated heterocycles. The summed E-state index contributed by atoms with van der Waals surface area (Å²) in [4.78, 5) is 8.40. The van der Waals surface area contributed by atoms with E-state index in [1.54, 1.807) is 25.4 Å². The van der Waals surface area contributed by atoms with Gasteiger partial charge < -0.3 is 4.42 Å². The number of benzene rings is 2. The van der Waals surface area contributed by atoms with Crippen LogP contribution in [0.25, 0.3) is 33.2 Å². The van der Waals surface area contributed by atoms with Crippen molar-refractivity contribution in [3.8, 4) is 0 Å². The zero-order valence-corrected chi connectivity index (χ0v) is 18.1. The molecule has 0 saturated carbocycles. The number of pyridine rings is 1. The van der Waals surface area contributed by atoms with E-state index in [0.29, 0.717) is 16.9 Å². The second-order valence-electron chi connectivity index (χ2n) is 7.60. The van der Waals surface area contributed by atoms with E-state index in [0.717, 1.165) is 45.3 Å². The third-order valence-electron chi connectivity index (χ3n) is 5.43. The van der Waals surface area contributed by atoms with Crippen LogP contribution in [-0.4, -0.2) is 18.2 Å². The fourth-order valence-corrected chi connectivity index (χ4v) is 3.89. The maximum atomic E-state index is 14.0. The van der Waals surface area contributed by atoms with Crippen molar-refractivity contribution in [2.45, 2.75) is 20.8 Å². The number of rotatable bonds is 4. The first-order valence-corrected chi connectivity index (χ1v) is 10.1. The molecule has 0 aliphatic carbocycles. The first-order chi connectivity index (χ1) is 15.3. The quantitative estimate of drug-likeness (QED) is 0.147. The second kappa shape index (κ2) is 8.46. The number of allylic oxidation sites excluding steroid dienone is 4. The number of aromatic nitrogens is 1. The van der Waals surface area contributed by atoms with Gasteiger partial charge in [-0.25, -0.2) is 18.2 Å². The van der Waals surface area contributed by atoms with Crippen LogP contribution in [0.3, 0.4) is 0 Å². The highest BCUT2D eigenvalue weighted by molar-refractivity contribution is 6.10. The van der Waals surface area contributed by atoms with E-state index in [1.165, 1.54) is 0 Å². The molecular weight excluding hydrogens is 413 g/mol. The Hall–Kier alpha value is -3.67. The van der Waals surface area contributed by atoms with Gasteiger partial charge in [-0.15, -0.1) is 0 Å². The normalized spacial score (nSPS) is 13.1. The summed E-state index contributed by atoms with van der Waals surface area (Å²) in [6.45, 7) is 5.67. The number of aryl methyl sites for hydroxylation is 2. The highest BCUT2D eigenvalue weighted by Gasteiger charge is 2.19. The average molecular weight is 434 g/mol. The van der Waals surface area contributed by atoms with Gasteiger partial charge in [0.2, 0.25) is 5.71 Å². The number of halogens is 3. The highest BCUT2D eigenvalue weighted by atomic mass is 19.2. The lowest BCUT2D eigenvalue weighted by molar-refractivity contribution is 0.446. The first kappa shape index (κ1) is 21.6. The monoisotopic (exact) mass is 434 g/mol. The smallest absolute Gasteiger partial charge is 0.227 e. The molecule has 0 N–H and O–H groups in total. The minimum Gasteiger partial charge on any atom is -0.437 e. The summed E-state index contributed by atoms with van der Waals surface area (Å²) in [5, 5.41) is 1.77. The molecule has 0 amide bonds. The SMILES string of the molecule is C/N=C/C=C\C(=C(/C)c1c(C)ccc2c1oc1nc(C)ccc12)c1cc(F)c(F)c(F)c1. The van der Waals surface area contributed by atoms with Crippen LogP contribution in [0.1, 0.15) is 29.3 Å². The van der Waals surface area contributed by atoms with Crippen LogP contribution in [0, 0.1) is 31.3 Å². The van der Waals surface area contributed by atoms with Gasteiger partial charge in [0, 0.05) is 35.3 Å². The topological polar surface area (TPSA) is 38.4 Å². The van der Waals surface area contributed by atoms with Crippen LogP contribution < -0.4 is 0 Å². The summed E-state index contributed by atoms with van der Waals surface area (Å²) in [5.41, 5.74) is 5.14. The Bertz CT molecular complexity index is 1420. The molecule has 2 heterocycles. The standard InChI is InChI=1S/C26H21F3N2O/c1-14-7-9-19-20-10-8-15(2)31-26(20)32-25(19)23(14)16(3)18(6-5-11-30-4)17-12-21(27)24(29)22(28)13-17/h5-13H,1-4H3/b6-5-,18-16-,30-11+. The fourth-order valence-electron chi connectivity index (χ4n) is 3.89. The molecule has 2 aromatic carbocycles. The molecule has 0 aliphatic rings. The highest BCUT2D eigenvalue weighted by Crippen LogP contribution is 2.38. The van der Waals surface area contributed by atoms with Crippen LogP contribution in [0.5, 0.6) is 0 Å². The maximum Gasteiger partial charge on any atom is 0.227 e. The van der Waals surface area contributed by atoms with Gasteiger partial charge in [-0.1, -0.05) is 18.2 Å². The Morgan fingerprint density at radius 2 is 1.69 bits per heavy atom. The molecule has 6 heteroatoms. The number of fused-ring (bicyclic) bond motifs is 3. The van der Waals surface area contributed by atoms with Crippen molar-refractivity contribution in [2.75, 3.05) is 7.05 Å². The molecule has 3 nitrogen and oxygen atoms in total. The van der Waals surface area contributed by atoms with E-state index < -0.39 is 17.5 Å². The summed E-state index contributed by atoms with van der Waals surface area (Å²) in [5.74, 6) is -4.00. The van der Waals surface area contributed by atoms with Crippen molar-refractivity contribution in [2.24, 2.45) is 4.99 Å². The van der Waals surface area contributed by atoms with Gasteiger partial charge in [0.25, 0.3) is 0 Å². The molecule has 0 unspecified atom stereocenters.